The van der Waals surface area contributed by atoms with E-state index in [0.29, 0.717) is 18.1 Å². The van der Waals surface area contributed by atoms with E-state index in [2.05, 4.69) is 0 Å². The molecule has 0 fully saturated rings. The van der Waals surface area contributed by atoms with Crippen LogP contribution in [-0.4, -0.2) is 17.4 Å². The van der Waals surface area contributed by atoms with Crippen LogP contribution < -0.4 is 5.73 Å². The highest BCUT2D eigenvalue weighted by Crippen LogP contribution is 2.24. The summed E-state index contributed by atoms with van der Waals surface area (Å²) in [7, 11) is 0. The van der Waals surface area contributed by atoms with Gasteiger partial charge in [0.05, 0.1) is 0 Å². The third kappa shape index (κ3) is 2.94. The Morgan fingerprint density at radius 2 is 2.00 bits per heavy atom. The molecule has 4 heteroatoms. The van der Waals surface area contributed by atoms with E-state index in [9.17, 15) is 4.79 Å². The number of carbonyl (C=O) groups excluding carboxylic acids is 1. The fourth-order valence-corrected chi connectivity index (χ4v) is 2.99. The quantitative estimate of drug-likeness (QED) is 0.927. The van der Waals surface area contributed by atoms with Crippen LogP contribution in [0, 0.1) is 0 Å². The molecular formula is C17H17ClN2O. The van der Waals surface area contributed by atoms with Gasteiger partial charge < -0.3 is 10.6 Å². The molecule has 0 spiro atoms. The minimum atomic E-state index is -0.581. The smallest absolute Gasteiger partial charge is 0.244 e. The van der Waals surface area contributed by atoms with Crippen molar-refractivity contribution in [2.45, 2.75) is 19.0 Å². The molecule has 1 heterocycles. The highest BCUT2D eigenvalue weighted by atomic mass is 35.5. The standard InChI is InChI=1S/C17H17ClN2O/c18-14-6-3-4-12(10-14)11-20-9-8-13-5-1-2-7-15(13)16(19)17(20)21/h1-7,10,16H,8-9,11,19H2. The second-order valence-corrected chi connectivity index (χ2v) is 5.75. The van der Waals surface area contributed by atoms with Crippen molar-refractivity contribution >= 4 is 17.5 Å². The lowest BCUT2D eigenvalue weighted by Crippen LogP contribution is -2.37. The van der Waals surface area contributed by atoms with E-state index < -0.39 is 6.04 Å². The van der Waals surface area contributed by atoms with Gasteiger partial charge >= 0.3 is 0 Å². The summed E-state index contributed by atoms with van der Waals surface area (Å²) in [6, 6.07) is 14.9. The minimum absolute atomic E-state index is 0.0278. The number of carbonyl (C=O) groups is 1. The molecule has 2 aromatic carbocycles. The molecule has 108 valence electrons. The molecule has 1 aliphatic rings. The molecule has 3 rings (SSSR count). The maximum Gasteiger partial charge on any atom is 0.244 e. The molecular weight excluding hydrogens is 284 g/mol. The Balaban J connectivity index is 1.84. The zero-order chi connectivity index (χ0) is 14.8. The molecule has 0 aliphatic carbocycles. The molecule has 1 amide bonds. The van der Waals surface area contributed by atoms with Crippen LogP contribution in [0.5, 0.6) is 0 Å². The van der Waals surface area contributed by atoms with Gasteiger partial charge in [-0.1, -0.05) is 48.0 Å². The Labute approximate surface area is 129 Å². The van der Waals surface area contributed by atoms with Gasteiger partial charge in [-0.2, -0.15) is 0 Å². The summed E-state index contributed by atoms with van der Waals surface area (Å²) in [4.78, 5) is 14.4. The molecule has 1 unspecified atom stereocenters. The molecule has 2 N–H and O–H groups in total. The zero-order valence-electron chi connectivity index (χ0n) is 11.6. The average molecular weight is 301 g/mol. The third-order valence-electron chi connectivity index (χ3n) is 3.88. The van der Waals surface area contributed by atoms with Crippen LogP contribution >= 0.6 is 11.6 Å². The SMILES string of the molecule is NC1C(=O)N(Cc2cccc(Cl)c2)CCc2ccccc21. The molecule has 0 radical (unpaired) electrons. The number of rotatable bonds is 2. The summed E-state index contributed by atoms with van der Waals surface area (Å²) in [5.41, 5.74) is 9.27. The first kappa shape index (κ1) is 14.1. The molecule has 1 atom stereocenters. The van der Waals surface area contributed by atoms with E-state index in [1.165, 1.54) is 0 Å². The second kappa shape index (κ2) is 5.88. The highest BCUT2D eigenvalue weighted by molar-refractivity contribution is 6.30. The predicted octanol–water partition coefficient (Wildman–Crippen LogP) is 2.92. The third-order valence-corrected chi connectivity index (χ3v) is 4.12. The summed E-state index contributed by atoms with van der Waals surface area (Å²) < 4.78 is 0. The number of benzene rings is 2. The van der Waals surface area contributed by atoms with E-state index in [4.69, 9.17) is 17.3 Å². The van der Waals surface area contributed by atoms with E-state index >= 15 is 0 Å². The van der Waals surface area contributed by atoms with Crippen LogP contribution in [0.1, 0.15) is 22.7 Å². The minimum Gasteiger partial charge on any atom is -0.336 e. The number of nitrogens with zero attached hydrogens (tertiary/aromatic N) is 1. The molecule has 2 aromatic rings. The Hall–Kier alpha value is -1.84. The molecule has 0 saturated carbocycles. The Morgan fingerprint density at radius 3 is 2.81 bits per heavy atom. The van der Waals surface area contributed by atoms with Crippen molar-refractivity contribution in [3.63, 3.8) is 0 Å². The van der Waals surface area contributed by atoms with Gasteiger partial charge in [-0.05, 0) is 35.2 Å². The number of hydrogen-bond acceptors (Lipinski definition) is 2. The van der Waals surface area contributed by atoms with Crippen LogP contribution in [-0.2, 0) is 17.8 Å². The monoisotopic (exact) mass is 300 g/mol. The first-order valence-electron chi connectivity index (χ1n) is 7.02. The summed E-state index contributed by atoms with van der Waals surface area (Å²) in [6.07, 6.45) is 0.830. The number of amides is 1. The highest BCUT2D eigenvalue weighted by Gasteiger charge is 2.27. The molecule has 3 nitrogen and oxygen atoms in total. The van der Waals surface area contributed by atoms with Crippen LogP contribution in [0.3, 0.4) is 0 Å². The summed E-state index contributed by atoms with van der Waals surface area (Å²) in [6.45, 7) is 1.22. The lowest BCUT2D eigenvalue weighted by molar-refractivity contribution is -0.133. The van der Waals surface area contributed by atoms with Gasteiger partial charge in [0.2, 0.25) is 5.91 Å². The molecule has 0 bridgehead atoms. The van der Waals surface area contributed by atoms with Crippen molar-refractivity contribution in [1.82, 2.24) is 4.90 Å². The summed E-state index contributed by atoms with van der Waals surface area (Å²) in [5, 5.41) is 0.683. The summed E-state index contributed by atoms with van der Waals surface area (Å²) in [5.74, 6) is -0.0278. The van der Waals surface area contributed by atoms with Gasteiger partial charge in [-0.25, -0.2) is 0 Å². The van der Waals surface area contributed by atoms with Gasteiger partial charge in [0.25, 0.3) is 0 Å². The predicted molar refractivity (Wildman–Crippen MR) is 83.9 cm³/mol. The summed E-state index contributed by atoms with van der Waals surface area (Å²) >= 11 is 6.00. The number of halogens is 1. The van der Waals surface area contributed by atoms with Crippen LogP contribution in [0.2, 0.25) is 5.02 Å². The van der Waals surface area contributed by atoms with Gasteiger partial charge in [0.1, 0.15) is 6.04 Å². The van der Waals surface area contributed by atoms with Crippen LogP contribution in [0.15, 0.2) is 48.5 Å². The lowest BCUT2D eigenvalue weighted by Gasteiger charge is -2.23. The van der Waals surface area contributed by atoms with Gasteiger partial charge in [0.15, 0.2) is 0 Å². The van der Waals surface area contributed by atoms with Crippen LogP contribution in [0.25, 0.3) is 0 Å². The van der Waals surface area contributed by atoms with E-state index in [0.717, 1.165) is 23.1 Å². The zero-order valence-corrected chi connectivity index (χ0v) is 12.4. The lowest BCUT2D eigenvalue weighted by atomic mass is 10.00. The number of fused-ring (bicyclic) bond motifs is 1. The van der Waals surface area contributed by atoms with Crippen molar-refractivity contribution in [2.24, 2.45) is 5.73 Å². The first-order chi connectivity index (χ1) is 10.1. The van der Waals surface area contributed by atoms with Crippen molar-refractivity contribution in [2.75, 3.05) is 6.54 Å². The van der Waals surface area contributed by atoms with E-state index in [-0.39, 0.29) is 5.91 Å². The Morgan fingerprint density at radius 1 is 1.19 bits per heavy atom. The molecule has 21 heavy (non-hydrogen) atoms. The normalized spacial score (nSPS) is 18.3. The van der Waals surface area contributed by atoms with Crippen molar-refractivity contribution in [1.29, 1.82) is 0 Å². The van der Waals surface area contributed by atoms with E-state index in [1.54, 1.807) is 0 Å². The molecule has 0 aromatic heterocycles. The molecule has 0 saturated heterocycles. The van der Waals surface area contributed by atoms with Crippen molar-refractivity contribution in [3.05, 3.63) is 70.2 Å². The topological polar surface area (TPSA) is 46.3 Å². The largest absolute Gasteiger partial charge is 0.336 e. The fourth-order valence-electron chi connectivity index (χ4n) is 2.77. The van der Waals surface area contributed by atoms with Gasteiger partial charge in [-0.3, -0.25) is 4.79 Å². The van der Waals surface area contributed by atoms with Gasteiger partial charge in [0, 0.05) is 18.1 Å². The Kier molecular flexibility index (Phi) is 3.95. The number of hydrogen-bond donors (Lipinski definition) is 1. The Bertz CT molecular complexity index is 671. The fraction of sp³-hybridized carbons (Fsp3) is 0.235. The first-order valence-corrected chi connectivity index (χ1v) is 7.39. The van der Waals surface area contributed by atoms with Crippen LogP contribution in [0.4, 0.5) is 0 Å². The maximum atomic E-state index is 12.6. The van der Waals surface area contributed by atoms with E-state index in [1.807, 2.05) is 53.4 Å². The molecule has 1 aliphatic heterocycles. The average Bonchev–Trinajstić information content (AvgIpc) is 2.60. The number of nitrogens with two attached hydrogens (primary N) is 1. The van der Waals surface area contributed by atoms with Crippen molar-refractivity contribution in [3.8, 4) is 0 Å². The maximum absolute atomic E-state index is 12.6. The van der Waals surface area contributed by atoms with Crippen molar-refractivity contribution < 1.29 is 4.79 Å². The van der Waals surface area contributed by atoms with Gasteiger partial charge in [-0.15, -0.1) is 0 Å². The second-order valence-electron chi connectivity index (χ2n) is 5.32.